The maximum absolute atomic E-state index is 11.4. The minimum absolute atomic E-state index is 0.189. The van der Waals surface area contributed by atoms with Crippen molar-refractivity contribution >= 4 is 51.2 Å². The van der Waals surface area contributed by atoms with Crippen molar-refractivity contribution in [2.24, 2.45) is 5.73 Å². The van der Waals surface area contributed by atoms with Crippen molar-refractivity contribution in [3.63, 3.8) is 0 Å². The van der Waals surface area contributed by atoms with Crippen molar-refractivity contribution in [3.05, 3.63) is 49.1 Å². The number of carbonyl (C=O) groups excluding carboxylic acids is 1. The van der Waals surface area contributed by atoms with E-state index in [9.17, 15) is 9.90 Å². The van der Waals surface area contributed by atoms with E-state index < -0.39 is 12.0 Å². The molecular weight excluding hydrogens is 524 g/mol. The third kappa shape index (κ3) is 4.95. The Morgan fingerprint density at radius 1 is 1.22 bits per heavy atom. The minimum atomic E-state index is -0.685. The number of methoxy groups -OCH3 is 1. The van der Waals surface area contributed by atoms with Crippen molar-refractivity contribution in [2.75, 3.05) is 7.11 Å². The smallest absolute Gasteiger partial charge is 0.322 e. The molecule has 0 aliphatic rings. The van der Waals surface area contributed by atoms with Crippen molar-refractivity contribution in [2.45, 2.75) is 12.5 Å². The molecule has 3 N–H and O–H groups in total. The van der Waals surface area contributed by atoms with E-state index in [1.54, 1.807) is 24.3 Å². The summed E-state index contributed by atoms with van der Waals surface area (Å²) in [7, 11) is 1.32. The Morgan fingerprint density at radius 3 is 2.30 bits per heavy atom. The van der Waals surface area contributed by atoms with Crippen LogP contribution in [0.15, 0.2) is 36.4 Å². The fourth-order valence-electron chi connectivity index (χ4n) is 1.95. The minimum Gasteiger partial charge on any atom is -0.508 e. The molecule has 0 aromatic heterocycles. The molecule has 7 heteroatoms. The van der Waals surface area contributed by atoms with Crippen molar-refractivity contribution in [3.8, 4) is 17.2 Å². The lowest BCUT2D eigenvalue weighted by Gasteiger charge is -2.14. The van der Waals surface area contributed by atoms with Crippen LogP contribution in [-0.4, -0.2) is 24.2 Å². The van der Waals surface area contributed by atoms with Crippen LogP contribution >= 0.6 is 45.2 Å². The first-order chi connectivity index (χ1) is 10.9. The number of aromatic hydroxyl groups is 1. The molecule has 2 aromatic rings. The quantitative estimate of drug-likeness (QED) is 0.450. The average molecular weight is 539 g/mol. The summed E-state index contributed by atoms with van der Waals surface area (Å²) in [5.41, 5.74) is 6.74. The Bertz CT molecular complexity index is 681. The molecule has 23 heavy (non-hydrogen) atoms. The molecule has 2 rings (SSSR count). The molecule has 0 fully saturated rings. The molecule has 0 saturated carbocycles. The van der Waals surface area contributed by atoms with Crippen molar-refractivity contribution in [1.29, 1.82) is 0 Å². The van der Waals surface area contributed by atoms with E-state index in [0.717, 1.165) is 18.5 Å². The number of hydrogen-bond donors (Lipinski definition) is 2. The largest absolute Gasteiger partial charge is 0.508 e. The zero-order valence-electron chi connectivity index (χ0n) is 12.3. The Hall–Kier alpha value is -1.07. The van der Waals surface area contributed by atoms with Gasteiger partial charge in [0.2, 0.25) is 0 Å². The lowest BCUT2D eigenvalue weighted by atomic mass is 10.1. The highest BCUT2D eigenvalue weighted by atomic mass is 127. The number of carbonyl (C=O) groups is 1. The molecule has 0 radical (unpaired) electrons. The second-order valence-electron chi connectivity index (χ2n) is 4.82. The number of halogens is 2. The third-order valence-electron chi connectivity index (χ3n) is 3.07. The predicted molar refractivity (Wildman–Crippen MR) is 104 cm³/mol. The molecule has 5 nitrogen and oxygen atoms in total. The van der Waals surface area contributed by atoms with Gasteiger partial charge in [-0.3, -0.25) is 4.79 Å². The predicted octanol–water partition coefficient (Wildman–Crippen LogP) is 3.44. The van der Waals surface area contributed by atoms with Gasteiger partial charge >= 0.3 is 5.97 Å². The summed E-state index contributed by atoms with van der Waals surface area (Å²) in [5.74, 6) is 1.12. The van der Waals surface area contributed by atoms with Crippen LogP contribution in [0.2, 0.25) is 0 Å². The highest BCUT2D eigenvalue weighted by Crippen LogP contribution is 2.33. The van der Waals surface area contributed by atoms with Gasteiger partial charge < -0.3 is 20.3 Å². The maximum Gasteiger partial charge on any atom is 0.322 e. The fourth-order valence-corrected chi connectivity index (χ4v) is 4.07. The first-order valence-electron chi connectivity index (χ1n) is 6.69. The Labute approximate surface area is 161 Å². The molecule has 0 saturated heterocycles. The number of phenolic OH excluding ortho intramolecular Hbond substituents is 1. The molecule has 0 heterocycles. The number of nitrogens with two attached hydrogens (primary N) is 1. The number of phenols is 1. The number of esters is 1. The molecule has 0 aliphatic heterocycles. The van der Waals surface area contributed by atoms with Gasteiger partial charge in [0.15, 0.2) is 5.75 Å². The monoisotopic (exact) mass is 539 g/mol. The van der Waals surface area contributed by atoms with Gasteiger partial charge in [-0.2, -0.15) is 0 Å². The highest BCUT2D eigenvalue weighted by molar-refractivity contribution is 14.1. The maximum atomic E-state index is 11.4. The average Bonchev–Trinajstić information content (AvgIpc) is 2.51. The van der Waals surface area contributed by atoms with E-state index >= 15 is 0 Å². The van der Waals surface area contributed by atoms with Crippen LogP contribution in [0.1, 0.15) is 5.56 Å². The number of rotatable bonds is 5. The van der Waals surface area contributed by atoms with E-state index in [1.807, 2.05) is 12.1 Å². The van der Waals surface area contributed by atoms with Gasteiger partial charge in [-0.25, -0.2) is 0 Å². The van der Waals surface area contributed by atoms with E-state index in [1.165, 1.54) is 7.11 Å². The first-order valence-corrected chi connectivity index (χ1v) is 8.84. The zero-order valence-corrected chi connectivity index (χ0v) is 16.6. The van der Waals surface area contributed by atoms with Crippen LogP contribution in [-0.2, 0) is 16.0 Å². The lowest BCUT2D eigenvalue weighted by Crippen LogP contribution is -2.33. The highest BCUT2D eigenvalue weighted by Gasteiger charge is 2.17. The molecule has 0 bridgehead atoms. The van der Waals surface area contributed by atoms with Gasteiger partial charge in [-0.05, 0) is 93.6 Å². The normalized spacial score (nSPS) is 11.8. The topological polar surface area (TPSA) is 81.8 Å². The molecule has 122 valence electrons. The van der Waals surface area contributed by atoms with Gasteiger partial charge in [0, 0.05) is 0 Å². The summed E-state index contributed by atoms with van der Waals surface area (Å²) in [6.07, 6.45) is 0.401. The summed E-state index contributed by atoms with van der Waals surface area (Å²) < 4.78 is 12.3. The summed E-state index contributed by atoms with van der Waals surface area (Å²) in [4.78, 5) is 11.4. The second-order valence-corrected chi connectivity index (χ2v) is 7.14. The Balaban J connectivity index is 2.20. The van der Waals surface area contributed by atoms with Crippen LogP contribution in [0.3, 0.4) is 0 Å². The molecule has 0 unspecified atom stereocenters. The van der Waals surface area contributed by atoms with Crippen LogP contribution in [0.5, 0.6) is 17.2 Å². The van der Waals surface area contributed by atoms with Crippen molar-refractivity contribution in [1.82, 2.24) is 0 Å². The van der Waals surface area contributed by atoms with Crippen LogP contribution < -0.4 is 10.5 Å². The summed E-state index contributed by atoms with van der Waals surface area (Å²) in [6.45, 7) is 0. The molecule has 0 aliphatic carbocycles. The standard InChI is InChI=1S/C16H15I2NO4/c1-22-16(21)14(19)8-9-6-12(17)15(13(18)7-9)23-11-4-2-10(20)3-5-11/h2-7,14,20H,8,19H2,1H3/t14-/m0/s1. The summed E-state index contributed by atoms with van der Waals surface area (Å²) in [6, 6.07) is 9.71. The molecule has 0 amide bonds. The van der Waals surface area contributed by atoms with Gasteiger partial charge in [0.25, 0.3) is 0 Å². The van der Waals surface area contributed by atoms with E-state index in [-0.39, 0.29) is 5.75 Å². The number of hydrogen-bond acceptors (Lipinski definition) is 5. The molecule has 2 aromatic carbocycles. The SMILES string of the molecule is COC(=O)[C@@H](N)Cc1cc(I)c(Oc2ccc(O)cc2)c(I)c1. The van der Waals surface area contributed by atoms with Crippen molar-refractivity contribution < 1.29 is 19.4 Å². The van der Waals surface area contributed by atoms with E-state index in [2.05, 4.69) is 49.9 Å². The molecule has 1 atom stereocenters. The number of ether oxygens (including phenoxy) is 2. The van der Waals surface area contributed by atoms with Crippen LogP contribution in [0.4, 0.5) is 0 Å². The van der Waals surface area contributed by atoms with Crippen LogP contribution in [0.25, 0.3) is 0 Å². The third-order valence-corrected chi connectivity index (χ3v) is 4.68. The van der Waals surface area contributed by atoms with Gasteiger partial charge in [-0.15, -0.1) is 0 Å². The van der Waals surface area contributed by atoms with Gasteiger partial charge in [-0.1, -0.05) is 0 Å². The first kappa shape index (κ1) is 18.3. The molecule has 0 spiro atoms. The molecular formula is C16H15I2NO4. The van der Waals surface area contributed by atoms with Gasteiger partial charge in [0.1, 0.15) is 17.5 Å². The van der Waals surface area contributed by atoms with Gasteiger partial charge in [0.05, 0.1) is 14.3 Å². The fraction of sp³-hybridized carbons (Fsp3) is 0.188. The van der Waals surface area contributed by atoms with E-state index in [4.69, 9.17) is 10.5 Å². The Morgan fingerprint density at radius 2 is 1.78 bits per heavy atom. The number of benzene rings is 2. The summed E-state index contributed by atoms with van der Waals surface area (Å²) >= 11 is 4.36. The van der Waals surface area contributed by atoms with E-state index in [0.29, 0.717) is 12.2 Å². The Kier molecular flexibility index (Phi) is 6.48. The van der Waals surface area contributed by atoms with Crippen LogP contribution in [0, 0.1) is 7.14 Å². The summed E-state index contributed by atoms with van der Waals surface area (Å²) in [5, 5.41) is 9.31. The zero-order chi connectivity index (χ0) is 17.0. The lowest BCUT2D eigenvalue weighted by molar-refractivity contribution is -0.142. The second kappa shape index (κ2) is 8.15.